The Kier molecular flexibility index (Phi) is 4.38. The van der Waals surface area contributed by atoms with Gasteiger partial charge in [-0.15, -0.1) is 0 Å². The fourth-order valence-electron chi connectivity index (χ4n) is 3.69. The highest BCUT2D eigenvalue weighted by molar-refractivity contribution is 5.86. The minimum atomic E-state index is 0.294. The molecule has 21 heavy (non-hydrogen) atoms. The van der Waals surface area contributed by atoms with Crippen LogP contribution in [-0.4, -0.2) is 5.78 Å². The summed E-state index contributed by atoms with van der Waals surface area (Å²) in [6, 6.07) is 15.1. The zero-order valence-corrected chi connectivity index (χ0v) is 12.8. The zero-order valence-electron chi connectivity index (χ0n) is 12.8. The summed E-state index contributed by atoms with van der Waals surface area (Å²) >= 11 is 0. The molecule has 0 heterocycles. The van der Waals surface area contributed by atoms with Crippen LogP contribution in [0.5, 0.6) is 0 Å². The molecule has 1 aliphatic rings. The van der Waals surface area contributed by atoms with Crippen molar-refractivity contribution >= 4 is 16.6 Å². The monoisotopic (exact) mass is 280 g/mol. The lowest BCUT2D eigenvalue weighted by Gasteiger charge is -2.27. The van der Waals surface area contributed by atoms with Crippen molar-refractivity contribution in [2.75, 3.05) is 0 Å². The molecule has 0 bridgehead atoms. The first kappa shape index (κ1) is 14.3. The maximum Gasteiger partial charge on any atom is 0.136 e. The van der Waals surface area contributed by atoms with Crippen molar-refractivity contribution in [3.63, 3.8) is 0 Å². The zero-order chi connectivity index (χ0) is 14.7. The fraction of sp³-hybridized carbons (Fsp3) is 0.450. The van der Waals surface area contributed by atoms with Crippen molar-refractivity contribution in [1.82, 2.24) is 0 Å². The van der Waals surface area contributed by atoms with E-state index < -0.39 is 0 Å². The lowest BCUT2D eigenvalue weighted by Crippen LogP contribution is -2.25. The van der Waals surface area contributed by atoms with Crippen LogP contribution in [0, 0.1) is 11.8 Å². The van der Waals surface area contributed by atoms with E-state index in [4.69, 9.17) is 0 Å². The molecule has 0 aliphatic heterocycles. The van der Waals surface area contributed by atoms with Gasteiger partial charge < -0.3 is 0 Å². The molecule has 2 aromatic carbocycles. The van der Waals surface area contributed by atoms with Gasteiger partial charge in [0, 0.05) is 12.3 Å². The summed E-state index contributed by atoms with van der Waals surface area (Å²) in [5.74, 6) is 1.56. The van der Waals surface area contributed by atoms with E-state index in [2.05, 4.69) is 49.4 Å². The van der Waals surface area contributed by atoms with Gasteiger partial charge in [-0.25, -0.2) is 0 Å². The minimum absolute atomic E-state index is 0.294. The number of hydrogen-bond acceptors (Lipinski definition) is 1. The Labute approximate surface area is 127 Å². The molecule has 2 aromatic rings. The number of Topliss-reactive ketones (excluding diaryl/α,β-unsaturated/α-hetero) is 1. The van der Waals surface area contributed by atoms with E-state index in [1.54, 1.807) is 0 Å². The van der Waals surface area contributed by atoms with Crippen molar-refractivity contribution in [2.24, 2.45) is 11.8 Å². The van der Waals surface area contributed by atoms with Gasteiger partial charge in [0.2, 0.25) is 0 Å². The van der Waals surface area contributed by atoms with Crippen molar-refractivity contribution < 1.29 is 4.79 Å². The SMILES string of the molecule is CCC1CCC(=O)C(CCc2cccc3ccccc23)C1. The molecule has 0 N–H and O–H groups in total. The summed E-state index contributed by atoms with van der Waals surface area (Å²) in [5, 5.41) is 2.65. The van der Waals surface area contributed by atoms with E-state index in [9.17, 15) is 4.79 Å². The van der Waals surface area contributed by atoms with Crippen molar-refractivity contribution in [3.05, 3.63) is 48.0 Å². The van der Waals surface area contributed by atoms with Gasteiger partial charge in [0.25, 0.3) is 0 Å². The number of aryl methyl sites for hydroxylation is 1. The van der Waals surface area contributed by atoms with Crippen LogP contribution in [-0.2, 0) is 11.2 Å². The first-order valence-electron chi connectivity index (χ1n) is 8.27. The van der Waals surface area contributed by atoms with Crippen molar-refractivity contribution in [2.45, 2.75) is 45.4 Å². The molecule has 1 heteroatoms. The quantitative estimate of drug-likeness (QED) is 0.755. The highest BCUT2D eigenvalue weighted by Crippen LogP contribution is 2.32. The smallest absolute Gasteiger partial charge is 0.136 e. The first-order chi connectivity index (χ1) is 10.3. The Balaban J connectivity index is 1.72. The Morgan fingerprint density at radius 1 is 1.10 bits per heavy atom. The van der Waals surface area contributed by atoms with Gasteiger partial charge in [-0.2, -0.15) is 0 Å². The second-order valence-electron chi connectivity index (χ2n) is 6.39. The number of carbonyl (C=O) groups is 1. The highest BCUT2D eigenvalue weighted by Gasteiger charge is 2.27. The normalized spacial score (nSPS) is 22.6. The van der Waals surface area contributed by atoms with Gasteiger partial charge in [-0.3, -0.25) is 4.79 Å². The van der Waals surface area contributed by atoms with E-state index in [1.165, 1.54) is 22.8 Å². The van der Waals surface area contributed by atoms with Gasteiger partial charge in [-0.05, 0) is 47.9 Å². The van der Waals surface area contributed by atoms with Crippen molar-refractivity contribution in [3.8, 4) is 0 Å². The second-order valence-corrected chi connectivity index (χ2v) is 6.39. The molecule has 2 unspecified atom stereocenters. The summed E-state index contributed by atoms with van der Waals surface area (Å²) in [5.41, 5.74) is 1.39. The second kappa shape index (κ2) is 6.43. The molecule has 3 rings (SSSR count). The van der Waals surface area contributed by atoms with Crippen LogP contribution in [0.1, 0.15) is 44.6 Å². The summed E-state index contributed by atoms with van der Waals surface area (Å²) in [6.45, 7) is 2.25. The van der Waals surface area contributed by atoms with E-state index in [1.807, 2.05) is 0 Å². The van der Waals surface area contributed by atoms with Crippen LogP contribution < -0.4 is 0 Å². The Morgan fingerprint density at radius 3 is 2.76 bits per heavy atom. The molecule has 1 aliphatic carbocycles. The Hall–Kier alpha value is -1.63. The molecule has 0 spiro atoms. The third-order valence-electron chi connectivity index (χ3n) is 5.09. The van der Waals surface area contributed by atoms with E-state index in [0.717, 1.165) is 38.0 Å². The highest BCUT2D eigenvalue weighted by atomic mass is 16.1. The van der Waals surface area contributed by atoms with Crippen LogP contribution in [0.4, 0.5) is 0 Å². The number of carbonyl (C=O) groups excluding carboxylic acids is 1. The van der Waals surface area contributed by atoms with Gasteiger partial charge in [0.05, 0.1) is 0 Å². The lowest BCUT2D eigenvalue weighted by molar-refractivity contribution is -0.125. The number of hydrogen-bond donors (Lipinski definition) is 0. The standard InChI is InChI=1S/C20H24O/c1-2-15-10-13-20(21)18(14-15)12-11-17-8-5-7-16-6-3-4-9-19(16)17/h3-9,15,18H,2,10-14H2,1H3. The largest absolute Gasteiger partial charge is 0.299 e. The molecular formula is C20H24O. The maximum atomic E-state index is 12.1. The molecule has 1 fully saturated rings. The fourth-order valence-corrected chi connectivity index (χ4v) is 3.69. The minimum Gasteiger partial charge on any atom is -0.299 e. The van der Waals surface area contributed by atoms with Gasteiger partial charge in [0.15, 0.2) is 0 Å². The Morgan fingerprint density at radius 2 is 1.90 bits per heavy atom. The predicted molar refractivity (Wildman–Crippen MR) is 88.4 cm³/mol. The average Bonchev–Trinajstić information content (AvgIpc) is 2.54. The first-order valence-corrected chi connectivity index (χ1v) is 8.27. The van der Waals surface area contributed by atoms with Gasteiger partial charge in [0.1, 0.15) is 5.78 Å². The molecule has 0 amide bonds. The number of rotatable bonds is 4. The third-order valence-corrected chi connectivity index (χ3v) is 5.09. The number of fused-ring (bicyclic) bond motifs is 1. The molecule has 0 saturated heterocycles. The molecule has 0 aromatic heterocycles. The van der Waals surface area contributed by atoms with E-state index >= 15 is 0 Å². The summed E-state index contributed by atoms with van der Waals surface area (Å²) in [7, 11) is 0. The summed E-state index contributed by atoms with van der Waals surface area (Å²) in [4.78, 5) is 12.1. The maximum absolute atomic E-state index is 12.1. The molecule has 1 nitrogen and oxygen atoms in total. The van der Waals surface area contributed by atoms with Crippen LogP contribution in [0.2, 0.25) is 0 Å². The number of benzene rings is 2. The van der Waals surface area contributed by atoms with E-state index in [0.29, 0.717) is 11.7 Å². The summed E-state index contributed by atoms with van der Waals surface area (Å²) < 4.78 is 0. The molecule has 2 atom stereocenters. The van der Waals surface area contributed by atoms with E-state index in [-0.39, 0.29) is 0 Å². The Bertz CT molecular complexity index is 623. The summed E-state index contributed by atoms with van der Waals surface area (Å²) in [6.07, 6.45) is 6.29. The predicted octanol–water partition coefficient (Wildman–Crippen LogP) is 5.17. The topological polar surface area (TPSA) is 17.1 Å². The molecule has 1 saturated carbocycles. The van der Waals surface area contributed by atoms with Crippen LogP contribution in [0.15, 0.2) is 42.5 Å². The molecule has 0 radical (unpaired) electrons. The van der Waals surface area contributed by atoms with Crippen LogP contribution in [0.3, 0.4) is 0 Å². The third kappa shape index (κ3) is 3.18. The van der Waals surface area contributed by atoms with Gasteiger partial charge >= 0.3 is 0 Å². The van der Waals surface area contributed by atoms with Gasteiger partial charge in [-0.1, -0.05) is 55.8 Å². The van der Waals surface area contributed by atoms with Crippen LogP contribution >= 0.6 is 0 Å². The lowest BCUT2D eigenvalue weighted by atomic mass is 9.77. The number of ketones is 1. The van der Waals surface area contributed by atoms with Crippen LogP contribution in [0.25, 0.3) is 10.8 Å². The van der Waals surface area contributed by atoms with Crippen molar-refractivity contribution in [1.29, 1.82) is 0 Å². The average molecular weight is 280 g/mol. The molecule has 110 valence electrons. The molecular weight excluding hydrogens is 256 g/mol.